The lowest BCUT2D eigenvalue weighted by molar-refractivity contribution is -0.116. The van der Waals surface area contributed by atoms with Crippen LogP contribution in [0.25, 0.3) is 11.0 Å². The van der Waals surface area contributed by atoms with Gasteiger partial charge < -0.3 is 9.88 Å². The Bertz CT molecular complexity index is 1140. The summed E-state index contributed by atoms with van der Waals surface area (Å²) in [5.41, 5.74) is 2.03. The van der Waals surface area contributed by atoms with Gasteiger partial charge in [-0.25, -0.2) is 17.7 Å². The number of nitrogens with zero attached hydrogens (tertiary/aromatic N) is 3. The summed E-state index contributed by atoms with van der Waals surface area (Å²) in [6, 6.07) is 11.8. The maximum atomic E-state index is 12.3. The van der Waals surface area contributed by atoms with Gasteiger partial charge in [0.25, 0.3) is 0 Å². The van der Waals surface area contributed by atoms with E-state index in [2.05, 4.69) is 10.3 Å². The SMILES string of the molecule is CN(C)S(=O)(=O)c1ccc2c(c1)nc(CCC(=O)Nc1cccc(Cl)c1)n2C. The Labute approximate surface area is 169 Å². The Balaban J connectivity index is 1.76. The second-order valence-electron chi connectivity index (χ2n) is 6.58. The Hall–Kier alpha value is -2.42. The van der Waals surface area contributed by atoms with Gasteiger partial charge in [-0.05, 0) is 36.4 Å². The first-order valence-electron chi connectivity index (χ1n) is 8.62. The zero-order valence-corrected chi connectivity index (χ0v) is 17.4. The van der Waals surface area contributed by atoms with E-state index in [1.54, 1.807) is 42.5 Å². The van der Waals surface area contributed by atoms with Crippen LogP contribution >= 0.6 is 11.6 Å². The predicted molar refractivity (Wildman–Crippen MR) is 110 cm³/mol. The summed E-state index contributed by atoms with van der Waals surface area (Å²) in [6.45, 7) is 0. The van der Waals surface area contributed by atoms with E-state index in [-0.39, 0.29) is 17.2 Å². The molecule has 1 aromatic heterocycles. The number of aromatic nitrogens is 2. The van der Waals surface area contributed by atoms with Crippen molar-refractivity contribution in [3.05, 3.63) is 53.3 Å². The molecule has 0 radical (unpaired) electrons. The summed E-state index contributed by atoms with van der Waals surface area (Å²) in [7, 11) is 1.30. The number of amides is 1. The molecule has 0 atom stereocenters. The Morgan fingerprint density at radius 3 is 2.64 bits per heavy atom. The van der Waals surface area contributed by atoms with Crippen LogP contribution in [0.15, 0.2) is 47.4 Å². The fourth-order valence-electron chi connectivity index (χ4n) is 2.84. The second kappa shape index (κ2) is 7.90. The molecule has 0 fully saturated rings. The van der Waals surface area contributed by atoms with E-state index < -0.39 is 10.0 Å². The molecule has 0 saturated heterocycles. The normalized spacial score (nSPS) is 11.9. The van der Waals surface area contributed by atoms with Gasteiger partial charge >= 0.3 is 0 Å². The molecule has 148 valence electrons. The van der Waals surface area contributed by atoms with Crippen LogP contribution < -0.4 is 5.32 Å². The average molecular weight is 421 g/mol. The molecule has 1 heterocycles. The minimum atomic E-state index is -3.53. The molecule has 0 aliphatic heterocycles. The number of benzene rings is 2. The molecule has 7 nitrogen and oxygen atoms in total. The van der Waals surface area contributed by atoms with Crippen molar-refractivity contribution in [1.82, 2.24) is 13.9 Å². The first kappa shape index (κ1) is 20.3. The number of sulfonamides is 1. The summed E-state index contributed by atoms with van der Waals surface area (Å²) < 4.78 is 27.7. The van der Waals surface area contributed by atoms with Crippen LogP contribution in [0.3, 0.4) is 0 Å². The van der Waals surface area contributed by atoms with E-state index in [1.165, 1.54) is 14.1 Å². The fourth-order valence-corrected chi connectivity index (χ4v) is 3.95. The van der Waals surface area contributed by atoms with Gasteiger partial charge in [-0.1, -0.05) is 17.7 Å². The smallest absolute Gasteiger partial charge is 0.242 e. The third kappa shape index (κ3) is 4.19. The number of fused-ring (bicyclic) bond motifs is 1. The topological polar surface area (TPSA) is 84.3 Å². The number of hydrogen-bond donors (Lipinski definition) is 1. The predicted octanol–water partition coefficient (Wildman–Crippen LogP) is 3.05. The van der Waals surface area contributed by atoms with Crippen molar-refractivity contribution < 1.29 is 13.2 Å². The molecular formula is C19H21ClN4O3S. The van der Waals surface area contributed by atoms with Crippen LogP contribution in [0.5, 0.6) is 0 Å². The lowest BCUT2D eigenvalue weighted by atomic mass is 10.2. The zero-order chi connectivity index (χ0) is 20.5. The van der Waals surface area contributed by atoms with Crippen LogP contribution in [0, 0.1) is 0 Å². The van der Waals surface area contributed by atoms with Crippen molar-refractivity contribution in [3.8, 4) is 0 Å². The van der Waals surface area contributed by atoms with Crippen LogP contribution in [0.4, 0.5) is 5.69 Å². The number of imidazole rings is 1. The summed E-state index contributed by atoms with van der Waals surface area (Å²) in [5, 5.41) is 3.35. The van der Waals surface area contributed by atoms with E-state index in [9.17, 15) is 13.2 Å². The van der Waals surface area contributed by atoms with Crippen molar-refractivity contribution in [2.45, 2.75) is 17.7 Å². The minimum absolute atomic E-state index is 0.148. The lowest BCUT2D eigenvalue weighted by Crippen LogP contribution is -2.22. The fraction of sp³-hybridized carbons (Fsp3) is 0.263. The molecule has 1 amide bonds. The van der Waals surface area contributed by atoms with E-state index in [4.69, 9.17) is 11.6 Å². The Morgan fingerprint density at radius 1 is 1.21 bits per heavy atom. The van der Waals surface area contributed by atoms with Crippen molar-refractivity contribution in [1.29, 1.82) is 0 Å². The van der Waals surface area contributed by atoms with Gasteiger partial charge in [0.05, 0.1) is 15.9 Å². The summed E-state index contributed by atoms with van der Waals surface area (Å²) in [4.78, 5) is 16.9. The van der Waals surface area contributed by atoms with E-state index >= 15 is 0 Å². The Morgan fingerprint density at radius 2 is 1.96 bits per heavy atom. The highest BCUT2D eigenvalue weighted by Crippen LogP contribution is 2.22. The third-order valence-corrected chi connectivity index (χ3v) is 6.45. The van der Waals surface area contributed by atoms with Crippen molar-refractivity contribution in [2.24, 2.45) is 7.05 Å². The zero-order valence-electron chi connectivity index (χ0n) is 15.8. The minimum Gasteiger partial charge on any atom is -0.331 e. The van der Waals surface area contributed by atoms with Crippen LogP contribution in [-0.2, 0) is 28.3 Å². The molecule has 0 aliphatic carbocycles. The maximum absolute atomic E-state index is 12.3. The van der Waals surface area contributed by atoms with Gasteiger partial charge in [-0.2, -0.15) is 0 Å². The molecule has 0 spiro atoms. The molecule has 0 aliphatic rings. The highest BCUT2D eigenvalue weighted by atomic mass is 35.5. The van der Waals surface area contributed by atoms with E-state index in [0.717, 1.165) is 9.82 Å². The van der Waals surface area contributed by atoms with Gasteiger partial charge in [0.15, 0.2) is 0 Å². The van der Waals surface area contributed by atoms with Crippen molar-refractivity contribution >= 4 is 44.3 Å². The third-order valence-electron chi connectivity index (χ3n) is 4.41. The van der Waals surface area contributed by atoms with Gasteiger partial charge in [0, 0.05) is 44.7 Å². The number of nitrogens with one attached hydrogen (secondary N) is 1. The molecule has 0 unspecified atom stereocenters. The van der Waals surface area contributed by atoms with E-state index in [1.807, 2.05) is 11.6 Å². The first-order chi connectivity index (χ1) is 13.2. The molecule has 3 rings (SSSR count). The molecular weight excluding hydrogens is 400 g/mol. The summed E-state index contributed by atoms with van der Waals surface area (Å²) >= 11 is 5.92. The highest BCUT2D eigenvalue weighted by molar-refractivity contribution is 7.89. The number of carbonyl (C=O) groups is 1. The largest absolute Gasteiger partial charge is 0.331 e. The van der Waals surface area contributed by atoms with E-state index in [0.29, 0.717) is 28.5 Å². The monoisotopic (exact) mass is 420 g/mol. The number of hydrogen-bond acceptors (Lipinski definition) is 4. The summed E-state index contributed by atoms with van der Waals surface area (Å²) in [5.74, 6) is 0.556. The lowest BCUT2D eigenvalue weighted by Gasteiger charge is -2.10. The number of halogens is 1. The molecule has 0 saturated carbocycles. The first-order valence-corrected chi connectivity index (χ1v) is 10.4. The number of aryl methyl sites for hydroxylation is 2. The number of carbonyl (C=O) groups excluding carboxylic acids is 1. The highest BCUT2D eigenvalue weighted by Gasteiger charge is 2.19. The molecule has 9 heteroatoms. The second-order valence-corrected chi connectivity index (χ2v) is 9.17. The quantitative estimate of drug-likeness (QED) is 0.664. The van der Waals surface area contributed by atoms with Crippen LogP contribution in [0.1, 0.15) is 12.2 Å². The Kier molecular flexibility index (Phi) is 5.74. The van der Waals surface area contributed by atoms with Crippen LogP contribution in [0.2, 0.25) is 5.02 Å². The number of anilines is 1. The average Bonchev–Trinajstić information content (AvgIpc) is 2.95. The van der Waals surface area contributed by atoms with Gasteiger partial charge in [0.1, 0.15) is 5.82 Å². The summed E-state index contributed by atoms with van der Waals surface area (Å²) in [6.07, 6.45) is 0.667. The van der Waals surface area contributed by atoms with Gasteiger partial charge in [-0.15, -0.1) is 0 Å². The molecule has 2 aromatic carbocycles. The molecule has 1 N–H and O–H groups in total. The standard InChI is InChI=1S/C19H21ClN4O3S/c1-23(2)28(26,27)15-7-8-17-16(12-15)22-18(24(17)3)9-10-19(25)21-14-6-4-5-13(20)11-14/h4-8,11-12H,9-10H2,1-3H3,(H,21,25). The molecule has 3 aromatic rings. The molecule has 0 bridgehead atoms. The van der Waals surface area contributed by atoms with Gasteiger partial charge in [0.2, 0.25) is 15.9 Å². The van der Waals surface area contributed by atoms with Crippen molar-refractivity contribution in [2.75, 3.05) is 19.4 Å². The van der Waals surface area contributed by atoms with Crippen LogP contribution in [-0.4, -0.2) is 42.3 Å². The van der Waals surface area contributed by atoms with Gasteiger partial charge in [-0.3, -0.25) is 4.79 Å². The maximum Gasteiger partial charge on any atom is 0.242 e. The number of rotatable bonds is 6. The molecule has 28 heavy (non-hydrogen) atoms. The van der Waals surface area contributed by atoms with Crippen molar-refractivity contribution in [3.63, 3.8) is 0 Å².